The van der Waals surface area contributed by atoms with Gasteiger partial charge in [-0.3, -0.25) is 4.79 Å². The number of thioether (sulfide) groups is 1. The highest BCUT2D eigenvalue weighted by molar-refractivity contribution is 7.98. The number of aromatic amines is 1. The number of carbonyl (C=O) groups is 1. The van der Waals surface area contributed by atoms with Gasteiger partial charge in [-0.15, -0.1) is 0 Å². The van der Waals surface area contributed by atoms with Gasteiger partial charge in [-0.05, 0) is 31.4 Å². The highest BCUT2D eigenvalue weighted by atomic mass is 32.2. The van der Waals surface area contributed by atoms with Crippen LogP contribution in [0.3, 0.4) is 0 Å². The first-order chi connectivity index (χ1) is 10.7. The van der Waals surface area contributed by atoms with Crippen LogP contribution in [0.25, 0.3) is 11.0 Å². The van der Waals surface area contributed by atoms with Gasteiger partial charge in [0.25, 0.3) is 5.91 Å². The van der Waals surface area contributed by atoms with Crippen molar-refractivity contribution < 1.29 is 4.79 Å². The van der Waals surface area contributed by atoms with Gasteiger partial charge in [-0.2, -0.15) is 0 Å². The SMILES string of the molecule is CSc1nc(C)cc(C(=O)NCc2nc3ccccc3[nH]2)n1. The van der Waals surface area contributed by atoms with Gasteiger partial charge in [0.1, 0.15) is 11.5 Å². The average Bonchev–Trinajstić information content (AvgIpc) is 2.94. The van der Waals surface area contributed by atoms with Crippen molar-refractivity contribution in [1.29, 1.82) is 0 Å². The van der Waals surface area contributed by atoms with E-state index in [9.17, 15) is 4.79 Å². The first kappa shape index (κ1) is 14.5. The van der Waals surface area contributed by atoms with Crippen molar-refractivity contribution in [2.45, 2.75) is 18.6 Å². The van der Waals surface area contributed by atoms with Crippen molar-refractivity contribution in [3.63, 3.8) is 0 Å². The Morgan fingerprint density at radius 2 is 2.09 bits per heavy atom. The zero-order chi connectivity index (χ0) is 15.5. The third kappa shape index (κ3) is 3.09. The molecule has 0 unspecified atom stereocenters. The van der Waals surface area contributed by atoms with E-state index in [2.05, 4.69) is 25.3 Å². The van der Waals surface area contributed by atoms with E-state index < -0.39 is 0 Å². The van der Waals surface area contributed by atoms with E-state index in [1.165, 1.54) is 11.8 Å². The monoisotopic (exact) mass is 313 g/mol. The summed E-state index contributed by atoms with van der Waals surface area (Å²) in [5.41, 5.74) is 2.98. The molecule has 0 spiro atoms. The van der Waals surface area contributed by atoms with Crippen LogP contribution in [0, 0.1) is 6.92 Å². The van der Waals surface area contributed by atoms with E-state index in [-0.39, 0.29) is 5.91 Å². The third-order valence-corrected chi connectivity index (χ3v) is 3.65. The van der Waals surface area contributed by atoms with Crippen LogP contribution in [0.2, 0.25) is 0 Å². The summed E-state index contributed by atoms with van der Waals surface area (Å²) in [6, 6.07) is 9.42. The largest absolute Gasteiger partial charge is 0.343 e. The predicted octanol–water partition coefficient (Wildman–Crippen LogP) is 2.31. The number of nitrogens with one attached hydrogen (secondary N) is 2. The number of para-hydroxylation sites is 2. The van der Waals surface area contributed by atoms with E-state index in [1.54, 1.807) is 6.07 Å². The summed E-state index contributed by atoms with van der Waals surface area (Å²) in [4.78, 5) is 28.2. The molecule has 3 rings (SSSR count). The number of hydrogen-bond donors (Lipinski definition) is 2. The molecule has 0 aliphatic rings. The summed E-state index contributed by atoms with van der Waals surface area (Å²) in [5, 5.41) is 3.41. The zero-order valence-corrected chi connectivity index (χ0v) is 13.1. The maximum atomic E-state index is 12.2. The standard InChI is InChI=1S/C15H15N5OS/c1-9-7-12(20-15(17-9)22-2)14(21)16-8-13-18-10-5-3-4-6-11(10)19-13/h3-7H,8H2,1-2H3,(H,16,21)(H,18,19). The molecular weight excluding hydrogens is 298 g/mol. The number of benzene rings is 1. The number of imidazole rings is 1. The Morgan fingerprint density at radius 1 is 1.27 bits per heavy atom. The maximum Gasteiger partial charge on any atom is 0.270 e. The number of carbonyl (C=O) groups excluding carboxylic acids is 1. The van der Waals surface area contributed by atoms with Crippen molar-refractivity contribution in [3.05, 3.63) is 47.5 Å². The number of hydrogen-bond acceptors (Lipinski definition) is 5. The lowest BCUT2D eigenvalue weighted by molar-refractivity contribution is 0.0944. The molecule has 22 heavy (non-hydrogen) atoms. The number of amides is 1. The molecular formula is C15H15N5OS. The molecule has 0 aliphatic heterocycles. The number of H-pyrrole nitrogens is 1. The fourth-order valence-corrected chi connectivity index (χ4v) is 2.52. The van der Waals surface area contributed by atoms with Crippen LogP contribution in [0.5, 0.6) is 0 Å². The molecule has 0 radical (unpaired) electrons. The van der Waals surface area contributed by atoms with Crippen LogP contribution in [-0.4, -0.2) is 32.1 Å². The molecule has 0 saturated carbocycles. The third-order valence-electron chi connectivity index (χ3n) is 3.10. The van der Waals surface area contributed by atoms with E-state index >= 15 is 0 Å². The Labute approximate surface area is 131 Å². The highest BCUT2D eigenvalue weighted by Gasteiger charge is 2.11. The van der Waals surface area contributed by atoms with E-state index in [1.807, 2.05) is 37.4 Å². The van der Waals surface area contributed by atoms with Crippen LogP contribution in [-0.2, 0) is 6.54 Å². The van der Waals surface area contributed by atoms with Crippen molar-refractivity contribution in [2.75, 3.05) is 6.26 Å². The molecule has 112 valence electrons. The molecule has 0 fully saturated rings. The Bertz CT molecular complexity index is 797. The summed E-state index contributed by atoms with van der Waals surface area (Å²) >= 11 is 1.41. The summed E-state index contributed by atoms with van der Waals surface area (Å²) in [6.45, 7) is 2.17. The first-order valence-electron chi connectivity index (χ1n) is 6.77. The number of nitrogens with zero attached hydrogens (tertiary/aromatic N) is 3. The smallest absolute Gasteiger partial charge is 0.270 e. The Balaban J connectivity index is 1.73. The molecule has 7 heteroatoms. The minimum Gasteiger partial charge on any atom is -0.343 e. The maximum absolute atomic E-state index is 12.2. The van der Waals surface area contributed by atoms with Crippen LogP contribution in [0.15, 0.2) is 35.5 Å². The normalized spacial score (nSPS) is 10.8. The van der Waals surface area contributed by atoms with E-state index in [0.717, 1.165) is 16.7 Å². The van der Waals surface area contributed by atoms with Crippen molar-refractivity contribution >= 4 is 28.7 Å². The van der Waals surface area contributed by atoms with E-state index in [0.29, 0.717) is 23.2 Å². The molecule has 0 bridgehead atoms. The van der Waals surface area contributed by atoms with Crippen LogP contribution in [0.4, 0.5) is 0 Å². The average molecular weight is 313 g/mol. The van der Waals surface area contributed by atoms with Gasteiger partial charge in [-0.1, -0.05) is 23.9 Å². The second-order valence-corrected chi connectivity index (χ2v) is 5.54. The van der Waals surface area contributed by atoms with Crippen molar-refractivity contribution in [1.82, 2.24) is 25.3 Å². The molecule has 3 aromatic rings. The highest BCUT2D eigenvalue weighted by Crippen LogP contribution is 2.12. The van der Waals surface area contributed by atoms with Crippen LogP contribution < -0.4 is 5.32 Å². The summed E-state index contributed by atoms with van der Waals surface area (Å²) in [7, 11) is 0. The zero-order valence-electron chi connectivity index (χ0n) is 12.3. The molecule has 1 amide bonds. The van der Waals surface area contributed by atoms with Gasteiger partial charge in [0, 0.05) is 5.69 Å². The Morgan fingerprint density at radius 3 is 2.86 bits per heavy atom. The first-order valence-corrected chi connectivity index (χ1v) is 7.99. The van der Waals surface area contributed by atoms with E-state index in [4.69, 9.17) is 0 Å². The lowest BCUT2D eigenvalue weighted by Gasteiger charge is -2.05. The topological polar surface area (TPSA) is 83.6 Å². The molecule has 2 N–H and O–H groups in total. The minimum absolute atomic E-state index is 0.235. The lowest BCUT2D eigenvalue weighted by atomic mass is 10.3. The van der Waals surface area contributed by atoms with Gasteiger partial charge >= 0.3 is 0 Å². The van der Waals surface area contributed by atoms with Crippen molar-refractivity contribution in [2.24, 2.45) is 0 Å². The summed E-state index contributed by atoms with van der Waals surface area (Å²) < 4.78 is 0. The Kier molecular flexibility index (Phi) is 4.06. The molecule has 6 nitrogen and oxygen atoms in total. The molecule has 2 heterocycles. The molecule has 0 saturated heterocycles. The van der Waals surface area contributed by atoms with Gasteiger partial charge in [0.05, 0.1) is 17.6 Å². The molecule has 1 aromatic carbocycles. The number of aryl methyl sites for hydroxylation is 1. The predicted molar refractivity (Wildman–Crippen MR) is 85.8 cm³/mol. The molecule has 0 aliphatic carbocycles. The Hall–Kier alpha value is -2.41. The quantitative estimate of drug-likeness (QED) is 0.570. The second-order valence-electron chi connectivity index (χ2n) is 4.76. The fourth-order valence-electron chi connectivity index (χ4n) is 2.09. The molecule has 0 atom stereocenters. The summed E-state index contributed by atoms with van der Waals surface area (Å²) in [6.07, 6.45) is 1.88. The number of rotatable bonds is 4. The van der Waals surface area contributed by atoms with Crippen molar-refractivity contribution in [3.8, 4) is 0 Å². The number of fused-ring (bicyclic) bond motifs is 1. The van der Waals surface area contributed by atoms with Gasteiger partial charge < -0.3 is 10.3 Å². The van der Waals surface area contributed by atoms with Crippen LogP contribution in [0.1, 0.15) is 22.0 Å². The van der Waals surface area contributed by atoms with Crippen LogP contribution >= 0.6 is 11.8 Å². The molecule has 2 aromatic heterocycles. The van der Waals surface area contributed by atoms with Gasteiger partial charge in [0.15, 0.2) is 5.16 Å². The summed E-state index contributed by atoms with van der Waals surface area (Å²) in [5.74, 6) is 0.478. The fraction of sp³-hybridized carbons (Fsp3) is 0.200. The number of aromatic nitrogens is 4. The lowest BCUT2D eigenvalue weighted by Crippen LogP contribution is -2.24. The van der Waals surface area contributed by atoms with Gasteiger partial charge in [-0.25, -0.2) is 15.0 Å². The minimum atomic E-state index is -0.235. The second kappa shape index (κ2) is 6.15. The van der Waals surface area contributed by atoms with Gasteiger partial charge in [0.2, 0.25) is 0 Å².